The second kappa shape index (κ2) is 12.1. The van der Waals surface area contributed by atoms with E-state index >= 15 is 0 Å². The van der Waals surface area contributed by atoms with E-state index in [1.165, 1.54) is 17.8 Å². The van der Waals surface area contributed by atoms with Crippen molar-refractivity contribution in [1.29, 1.82) is 0 Å². The van der Waals surface area contributed by atoms with Gasteiger partial charge in [0.05, 0.1) is 10.6 Å². The lowest BCUT2D eigenvalue weighted by Crippen LogP contribution is -2.20. The Morgan fingerprint density at radius 1 is 0.795 bits per heavy atom. The van der Waals surface area contributed by atoms with Gasteiger partial charge in [0.25, 0.3) is 0 Å². The van der Waals surface area contributed by atoms with Gasteiger partial charge in [0.15, 0.2) is 0 Å². The van der Waals surface area contributed by atoms with Gasteiger partial charge in [-0.25, -0.2) is 8.42 Å². The van der Waals surface area contributed by atoms with E-state index in [2.05, 4.69) is 17.6 Å². The highest BCUT2D eigenvalue weighted by Crippen LogP contribution is 2.31. The Labute approximate surface area is 231 Å². The Morgan fingerprint density at radius 3 is 2.10 bits per heavy atom. The fraction of sp³-hybridized carbons (Fsp3) is 0.182. The maximum Gasteiger partial charge on any atom is 0.213 e. The van der Waals surface area contributed by atoms with Gasteiger partial charge < -0.3 is 10.6 Å². The number of sulfone groups is 1. The summed E-state index contributed by atoms with van der Waals surface area (Å²) in [4.78, 5) is 13.5. The average Bonchev–Trinajstić information content (AvgIpc) is 2.92. The summed E-state index contributed by atoms with van der Waals surface area (Å²) < 4.78 is 28.3. The smallest absolute Gasteiger partial charge is 0.213 e. The summed E-state index contributed by atoms with van der Waals surface area (Å²) in [6, 6.07) is 27.8. The first-order valence-corrected chi connectivity index (χ1v) is 14.5. The van der Waals surface area contributed by atoms with E-state index in [-0.39, 0.29) is 9.80 Å². The standard InChI is InChI=1S/C33H34N2O3S/c1-5-26-15-17-28(18-16-26)35-30-8-6-7-9-31(30)39(37,38)32(22-34-21-27-13-10-23(2)11-14-27)33(36)29-19-12-24(3)20-25(29)4/h6-20,22,34-35H,5,21H2,1-4H3. The molecule has 5 nitrogen and oxygen atoms in total. The molecule has 4 rings (SSSR count). The van der Waals surface area contributed by atoms with Crippen LogP contribution >= 0.6 is 0 Å². The minimum Gasteiger partial charge on any atom is -0.386 e. The molecular weight excluding hydrogens is 504 g/mol. The monoisotopic (exact) mass is 538 g/mol. The fourth-order valence-electron chi connectivity index (χ4n) is 4.34. The predicted molar refractivity (Wildman–Crippen MR) is 159 cm³/mol. The highest BCUT2D eigenvalue weighted by Gasteiger charge is 2.31. The van der Waals surface area contributed by atoms with E-state index in [1.54, 1.807) is 24.3 Å². The number of nitrogens with one attached hydrogen (secondary N) is 2. The van der Waals surface area contributed by atoms with Crippen LogP contribution in [0.1, 0.15) is 45.1 Å². The van der Waals surface area contributed by atoms with Crippen LogP contribution in [0.15, 0.2) is 107 Å². The summed E-state index contributed by atoms with van der Waals surface area (Å²) in [7, 11) is -4.21. The number of hydrogen-bond donors (Lipinski definition) is 2. The van der Waals surface area contributed by atoms with Gasteiger partial charge in [-0.2, -0.15) is 0 Å². The summed E-state index contributed by atoms with van der Waals surface area (Å²) >= 11 is 0. The number of allylic oxidation sites excluding steroid dienone is 1. The second-order valence-electron chi connectivity index (χ2n) is 9.70. The summed E-state index contributed by atoms with van der Waals surface area (Å²) in [6.07, 6.45) is 2.25. The molecule has 0 unspecified atom stereocenters. The molecule has 0 saturated heterocycles. The van der Waals surface area contributed by atoms with Crippen molar-refractivity contribution in [1.82, 2.24) is 5.32 Å². The van der Waals surface area contributed by atoms with Gasteiger partial charge >= 0.3 is 0 Å². The lowest BCUT2D eigenvalue weighted by atomic mass is 10.0. The number of rotatable bonds is 10. The maximum atomic E-state index is 14.2. The normalized spacial score (nSPS) is 11.7. The molecule has 39 heavy (non-hydrogen) atoms. The molecule has 0 spiro atoms. The van der Waals surface area contributed by atoms with Crippen LogP contribution in [-0.4, -0.2) is 14.2 Å². The van der Waals surface area contributed by atoms with Crippen molar-refractivity contribution in [3.05, 3.63) is 135 Å². The molecule has 0 aliphatic heterocycles. The summed E-state index contributed by atoms with van der Waals surface area (Å²) in [5.74, 6) is -0.550. The third-order valence-corrected chi connectivity index (χ3v) is 8.43. The van der Waals surface area contributed by atoms with Crippen molar-refractivity contribution in [2.45, 2.75) is 45.6 Å². The Balaban J connectivity index is 1.74. The van der Waals surface area contributed by atoms with Crippen LogP contribution in [0, 0.1) is 20.8 Å². The lowest BCUT2D eigenvalue weighted by Gasteiger charge is -2.16. The molecule has 0 bridgehead atoms. The van der Waals surface area contributed by atoms with Crippen LogP contribution in [0.3, 0.4) is 0 Å². The van der Waals surface area contributed by atoms with Gasteiger partial charge in [-0.1, -0.05) is 84.8 Å². The second-order valence-corrected chi connectivity index (χ2v) is 11.6. The van der Waals surface area contributed by atoms with E-state index in [4.69, 9.17) is 0 Å². The lowest BCUT2D eigenvalue weighted by molar-refractivity contribution is 0.104. The van der Waals surface area contributed by atoms with Crippen molar-refractivity contribution < 1.29 is 13.2 Å². The van der Waals surface area contributed by atoms with E-state index in [0.717, 1.165) is 34.4 Å². The van der Waals surface area contributed by atoms with Crippen LogP contribution in [0.4, 0.5) is 11.4 Å². The molecular formula is C33H34N2O3S. The largest absolute Gasteiger partial charge is 0.386 e. The molecule has 0 radical (unpaired) electrons. The quantitative estimate of drug-likeness (QED) is 0.165. The Hall–Kier alpha value is -4.16. The first kappa shape index (κ1) is 27.9. The topological polar surface area (TPSA) is 75.3 Å². The zero-order valence-electron chi connectivity index (χ0n) is 22.8. The van der Waals surface area contributed by atoms with Crippen molar-refractivity contribution in [2.75, 3.05) is 5.32 Å². The Bertz CT molecular complexity index is 1600. The molecule has 2 N–H and O–H groups in total. The zero-order valence-corrected chi connectivity index (χ0v) is 23.6. The number of para-hydroxylation sites is 1. The van der Waals surface area contributed by atoms with Crippen LogP contribution < -0.4 is 10.6 Å². The van der Waals surface area contributed by atoms with Crippen LogP contribution in [0.2, 0.25) is 0 Å². The van der Waals surface area contributed by atoms with Crippen molar-refractivity contribution in [2.24, 2.45) is 0 Å². The molecule has 6 heteroatoms. The minimum absolute atomic E-state index is 0.0334. The molecule has 200 valence electrons. The number of carbonyl (C=O) groups excluding carboxylic acids is 1. The Morgan fingerprint density at radius 2 is 1.44 bits per heavy atom. The van der Waals surface area contributed by atoms with Crippen molar-refractivity contribution in [3.8, 4) is 0 Å². The Kier molecular flexibility index (Phi) is 8.67. The van der Waals surface area contributed by atoms with Gasteiger partial charge in [-0.05, 0) is 68.1 Å². The minimum atomic E-state index is -4.21. The average molecular weight is 539 g/mol. The molecule has 0 fully saturated rings. The molecule has 0 saturated carbocycles. The first-order chi connectivity index (χ1) is 18.7. The first-order valence-electron chi connectivity index (χ1n) is 13.0. The van der Waals surface area contributed by atoms with Gasteiger partial charge in [-0.3, -0.25) is 4.79 Å². The number of benzene rings is 4. The molecule has 0 aliphatic rings. The van der Waals surface area contributed by atoms with E-state index in [1.807, 2.05) is 81.4 Å². The highest BCUT2D eigenvalue weighted by atomic mass is 32.2. The van der Waals surface area contributed by atoms with Gasteiger partial charge in [0, 0.05) is 24.0 Å². The summed E-state index contributed by atoms with van der Waals surface area (Å²) in [6.45, 7) is 8.22. The third kappa shape index (κ3) is 6.65. The SMILES string of the molecule is CCc1ccc(Nc2ccccc2S(=O)(=O)C(=CNCc2ccc(C)cc2)C(=O)c2ccc(C)cc2C)cc1. The molecule has 0 amide bonds. The van der Waals surface area contributed by atoms with Gasteiger partial charge in [0.2, 0.25) is 15.6 Å². The predicted octanol–water partition coefficient (Wildman–Crippen LogP) is 7.21. The molecule has 4 aromatic rings. The molecule has 0 aliphatic carbocycles. The van der Waals surface area contributed by atoms with Gasteiger partial charge in [0.1, 0.15) is 4.91 Å². The number of aryl methyl sites for hydroxylation is 4. The van der Waals surface area contributed by atoms with Crippen molar-refractivity contribution in [3.63, 3.8) is 0 Å². The van der Waals surface area contributed by atoms with E-state index in [9.17, 15) is 13.2 Å². The number of anilines is 2. The molecule has 4 aromatic carbocycles. The maximum absolute atomic E-state index is 14.2. The zero-order chi connectivity index (χ0) is 28.0. The molecule has 0 atom stereocenters. The van der Waals surface area contributed by atoms with Crippen molar-refractivity contribution >= 4 is 27.0 Å². The van der Waals surface area contributed by atoms with E-state index in [0.29, 0.717) is 17.8 Å². The number of ketones is 1. The third-order valence-electron chi connectivity index (χ3n) is 6.62. The van der Waals surface area contributed by atoms with E-state index < -0.39 is 15.6 Å². The van der Waals surface area contributed by atoms with Crippen LogP contribution in [0.25, 0.3) is 0 Å². The number of carbonyl (C=O) groups is 1. The van der Waals surface area contributed by atoms with Crippen LogP contribution in [0.5, 0.6) is 0 Å². The number of Topliss-reactive ketones (excluding diaryl/α,β-unsaturated/α-hetero) is 1. The highest BCUT2D eigenvalue weighted by molar-refractivity contribution is 7.96. The summed E-state index contributed by atoms with van der Waals surface area (Å²) in [5.41, 5.74) is 6.54. The van der Waals surface area contributed by atoms with Gasteiger partial charge in [-0.15, -0.1) is 0 Å². The number of hydrogen-bond acceptors (Lipinski definition) is 5. The fourth-order valence-corrected chi connectivity index (χ4v) is 5.83. The summed E-state index contributed by atoms with van der Waals surface area (Å²) in [5, 5.41) is 6.31. The van der Waals surface area contributed by atoms with Crippen LogP contribution in [-0.2, 0) is 22.8 Å². The molecule has 0 heterocycles. The molecule has 0 aromatic heterocycles.